The Morgan fingerprint density at radius 1 is 1.00 bits per heavy atom. The summed E-state index contributed by atoms with van der Waals surface area (Å²) in [4.78, 5) is 2.28. The summed E-state index contributed by atoms with van der Waals surface area (Å²) in [5.41, 5.74) is 9.31. The highest BCUT2D eigenvalue weighted by Crippen LogP contribution is 2.35. The molecule has 1 aliphatic heterocycles. The molecule has 0 aliphatic carbocycles. The van der Waals surface area contributed by atoms with Gasteiger partial charge in [0.05, 0.1) is 0 Å². The standard InChI is InChI=1S/C17H17F3N2OS/c18-17(19,20)23-14-4-1-12(2-5-14)15-11-13(21)3-6-16(15)22-7-9-24-10-8-22/h1-6,11H,7-10,21H2. The zero-order valence-corrected chi connectivity index (χ0v) is 13.7. The zero-order valence-electron chi connectivity index (χ0n) is 12.8. The second-order valence-corrected chi connectivity index (χ2v) is 6.67. The molecule has 0 saturated carbocycles. The van der Waals surface area contributed by atoms with E-state index in [0.29, 0.717) is 5.69 Å². The van der Waals surface area contributed by atoms with Crippen LogP contribution in [0.15, 0.2) is 42.5 Å². The number of anilines is 2. The topological polar surface area (TPSA) is 38.5 Å². The molecule has 1 fully saturated rings. The molecule has 0 radical (unpaired) electrons. The smallest absolute Gasteiger partial charge is 0.406 e. The van der Waals surface area contributed by atoms with Crippen molar-refractivity contribution >= 4 is 23.1 Å². The number of rotatable bonds is 3. The third kappa shape index (κ3) is 4.08. The van der Waals surface area contributed by atoms with Gasteiger partial charge < -0.3 is 15.4 Å². The predicted octanol–water partition coefficient (Wildman–Crippen LogP) is 4.39. The molecule has 2 N–H and O–H groups in total. The maximum Gasteiger partial charge on any atom is 0.573 e. The van der Waals surface area contributed by atoms with E-state index >= 15 is 0 Å². The summed E-state index contributed by atoms with van der Waals surface area (Å²) in [6.07, 6.45) is -4.69. The van der Waals surface area contributed by atoms with Gasteiger partial charge in [-0.1, -0.05) is 12.1 Å². The Bertz CT molecular complexity index is 698. The summed E-state index contributed by atoms with van der Waals surface area (Å²) < 4.78 is 40.8. The summed E-state index contributed by atoms with van der Waals surface area (Å²) in [5.74, 6) is 1.88. The maximum atomic E-state index is 12.3. The molecule has 1 saturated heterocycles. The van der Waals surface area contributed by atoms with E-state index in [0.717, 1.165) is 41.4 Å². The van der Waals surface area contributed by atoms with Gasteiger partial charge in [-0.15, -0.1) is 13.2 Å². The van der Waals surface area contributed by atoms with Crippen LogP contribution in [0, 0.1) is 0 Å². The molecule has 2 aromatic carbocycles. The molecule has 24 heavy (non-hydrogen) atoms. The first-order chi connectivity index (χ1) is 11.4. The number of ether oxygens (including phenoxy) is 1. The molecule has 0 atom stereocenters. The quantitative estimate of drug-likeness (QED) is 0.830. The summed E-state index contributed by atoms with van der Waals surface area (Å²) in [6, 6.07) is 11.6. The van der Waals surface area contributed by atoms with E-state index < -0.39 is 6.36 Å². The third-order valence-electron chi connectivity index (χ3n) is 3.77. The minimum atomic E-state index is -4.69. The minimum absolute atomic E-state index is 0.230. The monoisotopic (exact) mass is 354 g/mol. The molecule has 0 amide bonds. The molecule has 128 valence electrons. The number of hydrogen-bond acceptors (Lipinski definition) is 4. The van der Waals surface area contributed by atoms with Crippen LogP contribution in [-0.2, 0) is 0 Å². The number of nitrogens with zero attached hydrogens (tertiary/aromatic N) is 1. The van der Waals surface area contributed by atoms with Crippen molar-refractivity contribution in [3.05, 3.63) is 42.5 Å². The van der Waals surface area contributed by atoms with Crippen LogP contribution < -0.4 is 15.4 Å². The first-order valence-electron chi connectivity index (χ1n) is 7.51. The van der Waals surface area contributed by atoms with Crippen molar-refractivity contribution in [2.24, 2.45) is 0 Å². The highest BCUT2D eigenvalue weighted by Gasteiger charge is 2.31. The number of nitrogens with two attached hydrogens (primary N) is 1. The lowest BCUT2D eigenvalue weighted by atomic mass is 10.0. The van der Waals surface area contributed by atoms with Crippen molar-refractivity contribution in [1.29, 1.82) is 0 Å². The normalized spacial score (nSPS) is 15.4. The highest BCUT2D eigenvalue weighted by atomic mass is 32.2. The lowest BCUT2D eigenvalue weighted by molar-refractivity contribution is -0.274. The van der Waals surface area contributed by atoms with E-state index in [1.54, 1.807) is 12.1 Å². The van der Waals surface area contributed by atoms with Gasteiger partial charge in [0.1, 0.15) is 5.75 Å². The van der Waals surface area contributed by atoms with Gasteiger partial charge in [0.15, 0.2) is 0 Å². The Kier molecular flexibility index (Phi) is 4.80. The van der Waals surface area contributed by atoms with E-state index in [1.165, 1.54) is 12.1 Å². The largest absolute Gasteiger partial charge is 0.573 e. The molecular formula is C17H17F3N2OS. The molecule has 1 aliphatic rings. The molecule has 0 bridgehead atoms. The molecule has 2 aromatic rings. The van der Waals surface area contributed by atoms with Gasteiger partial charge in [-0.3, -0.25) is 0 Å². The van der Waals surface area contributed by atoms with Crippen LogP contribution in [-0.4, -0.2) is 31.0 Å². The molecule has 0 spiro atoms. The van der Waals surface area contributed by atoms with Crippen molar-refractivity contribution in [2.45, 2.75) is 6.36 Å². The summed E-state index contributed by atoms with van der Waals surface area (Å²) in [7, 11) is 0. The Morgan fingerprint density at radius 2 is 1.67 bits per heavy atom. The Balaban J connectivity index is 1.91. The van der Waals surface area contributed by atoms with Crippen molar-refractivity contribution in [3.63, 3.8) is 0 Å². The third-order valence-corrected chi connectivity index (χ3v) is 4.71. The van der Waals surface area contributed by atoms with Crippen molar-refractivity contribution < 1.29 is 17.9 Å². The maximum absolute atomic E-state index is 12.3. The first-order valence-corrected chi connectivity index (χ1v) is 8.66. The fraction of sp³-hybridized carbons (Fsp3) is 0.294. The number of thioether (sulfide) groups is 1. The second-order valence-electron chi connectivity index (χ2n) is 5.45. The summed E-state index contributed by atoms with van der Waals surface area (Å²) >= 11 is 1.92. The van der Waals surface area contributed by atoms with Crippen molar-refractivity contribution in [2.75, 3.05) is 35.2 Å². The van der Waals surface area contributed by atoms with Crippen molar-refractivity contribution in [1.82, 2.24) is 0 Å². The second kappa shape index (κ2) is 6.84. The molecular weight excluding hydrogens is 337 g/mol. The Labute approximate surface area is 142 Å². The number of alkyl halides is 3. The molecule has 0 unspecified atom stereocenters. The molecule has 3 nitrogen and oxygen atoms in total. The highest BCUT2D eigenvalue weighted by molar-refractivity contribution is 7.99. The lowest BCUT2D eigenvalue weighted by Gasteiger charge is -2.30. The fourth-order valence-electron chi connectivity index (χ4n) is 2.70. The fourth-order valence-corrected chi connectivity index (χ4v) is 3.60. The van der Waals surface area contributed by atoms with Gasteiger partial charge in [-0.2, -0.15) is 11.8 Å². The Hall–Kier alpha value is -2.02. The number of hydrogen-bond donors (Lipinski definition) is 1. The average Bonchev–Trinajstić information content (AvgIpc) is 2.55. The van der Waals surface area contributed by atoms with Crippen LogP contribution in [0.25, 0.3) is 11.1 Å². The van der Waals surface area contributed by atoms with Gasteiger partial charge >= 0.3 is 6.36 Å². The predicted molar refractivity (Wildman–Crippen MR) is 92.5 cm³/mol. The Morgan fingerprint density at radius 3 is 2.29 bits per heavy atom. The molecule has 1 heterocycles. The van der Waals surface area contributed by atoms with Gasteiger partial charge in [-0.25, -0.2) is 0 Å². The molecule has 3 rings (SSSR count). The number of halogens is 3. The lowest BCUT2D eigenvalue weighted by Crippen LogP contribution is -2.32. The molecule has 7 heteroatoms. The van der Waals surface area contributed by atoms with E-state index in [9.17, 15) is 13.2 Å². The van der Waals surface area contributed by atoms with Crippen LogP contribution in [0.4, 0.5) is 24.5 Å². The summed E-state index contributed by atoms with van der Waals surface area (Å²) in [6.45, 7) is 1.88. The minimum Gasteiger partial charge on any atom is -0.406 e. The number of benzene rings is 2. The van der Waals surface area contributed by atoms with E-state index in [-0.39, 0.29) is 5.75 Å². The zero-order chi connectivity index (χ0) is 17.2. The van der Waals surface area contributed by atoms with Gasteiger partial charge in [0, 0.05) is 41.5 Å². The molecule has 0 aromatic heterocycles. The van der Waals surface area contributed by atoms with Crippen LogP contribution in [0.2, 0.25) is 0 Å². The van der Waals surface area contributed by atoms with Gasteiger partial charge in [-0.05, 0) is 35.9 Å². The van der Waals surface area contributed by atoms with Crippen LogP contribution >= 0.6 is 11.8 Å². The summed E-state index contributed by atoms with van der Waals surface area (Å²) in [5, 5.41) is 0. The van der Waals surface area contributed by atoms with E-state index in [1.807, 2.05) is 30.0 Å². The van der Waals surface area contributed by atoms with Crippen LogP contribution in [0.1, 0.15) is 0 Å². The van der Waals surface area contributed by atoms with Crippen LogP contribution in [0.3, 0.4) is 0 Å². The first kappa shape index (κ1) is 16.8. The average molecular weight is 354 g/mol. The van der Waals surface area contributed by atoms with E-state index in [4.69, 9.17) is 5.73 Å². The van der Waals surface area contributed by atoms with Gasteiger partial charge in [0.2, 0.25) is 0 Å². The number of nitrogen functional groups attached to an aromatic ring is 1. The van der Waals surface area contributed by atoms with Gasteiger partial charge in [0.25, 0.3) is 0 Å². The van der Waals surface area contributed by atoms with E-state index in [2.05, 4.69) is 9.64 Å². The van der Waals surface area contributed by atoms with Crippen LogP contribution in [0.5, 0.6) is 5.75 Å². The van der Waals surface area contributed by atoms with Crippen molar-refractivity contribution in [3.8, 4) is 16.9 Å². The SMILES string of the molecule is Nc1ccc(N2CCSCC2)c(-c2ccc(OC(F)(F)F)cc2)c1.